The molecule has 196 valence electrons. The Bertz CT molecular complexity index is 861. The molecule has 5 unspecified atom stereocenters. The van der Waals surface area contributed by atoms with Crippen molar-refractivity contribution in [3.63, 3.8) is 0 Å². The van der Waals surface area contributed by atoms with Crippen LogP contribution in [0.25, 0.3) is 0 Å². The van der Waals surface area contributed by atoms with E-state index in [0.29, 0.717) is 27.9 Å². The van der Waals surface area contributed by atoms with Gasteiger partial charge < -0.3 is 13.8 Å². The van der Waals surface area contributed by atoms with Gasteiger partial charge in [-0.25, -0.2) is 0 Å². The average molecular weight is 547 g/mol. The molecule has 36 heavy (non-hydrogen) atoms. The number of carbonyl (C=O) groups excluding carboxylic acids is 1. The molecule has 0 saturated heterocycles. The smallest absolute Gasteiger partial charge is 0.306 e. The van der Waals surface area contributed by atoms with Crippen LogP contribution in [0.2, 0.25) is 0 Å². The molecule has 0 aromatic heterocycles. The van der Waals surface area contributed by atoms with Gasteiger partial charge in [0.1, 0.15) is 6.61 Å². The average Bonchev–Trinajstić information content (AvgIpc) is 2.90. The summed E-state index contributed by atoms with van der Waals surface area (Å²) in [4.78, 5) is 11.9. The summed E-state index contributed by atoms with van der Waals surface area (Å²) in [5.74, 6) is -0.189. The minimum absolute atomic E-state index is 0.0498. The molecule has 1 aromatic rings. The second-order valence-electron chi connectivity index (χ2n) is 7.82. The molecule has 7 heteroatoms. The Kier molecular flexibility index (Phi) is 21.3. The number of hydrogen-bond acceptors (Lipinski definition) is 4. The fraction of sp³-hybridized carbons (Fsp3) is 0.345. The Morgan fingerprint density at radius 2 is 1.58 bits per heavy atom. The summed E-state index contributed by atoms with van der Waals surface area (Å²) in [6, 6.07) is 9.70. The molecule has 0 aliphatic carbocycles. The predicted octanol–water partition coefficient (Wildman–Crippen LogP) is 8.37. The highest BCUT2D eigenvalue weighted by molar-refractivity contribution is 8.00. The third kappa shape index (κ3) is 18.6. The Morgan fingerprint density at radius 1 is 0.917 bits per heavy atom. The van der Waals surface area contributed by atoms with Gasteiger partial charge in [-0.3, -0.25) is 4.79 Å². The predicted molar refractivity (Wildman–Crippen MR) is 162 cm³/mol. The summed E-state index contributed by atoms with van der Waals surface area (Å²) < 4.78 is 16.5. The van der Waals surface area contributed by atoms with E-state index in [2.05, 4.69) is 55.7 Å². The van der Waals surface area contributed by atoms with Crippen LogP contribution in [0, 0.1) is 0 Å². The lowest BCUT2D eigenvalue weighted by atomic mass is 10.2. The summed E-state index contributed by atoms with van der Waals surface area (Å²) in [5.41, 5.74) is 0.995. The van der Waals surface area contributed by atoms with Gasteiger partial charge in [0, 0.05) is 24.4 Å². The van der Waals surface area contributed by atoms with Gasteiger partial charge in [-0.05, 0) is 37.7 Å². The first-order chi connectivity index (χ1) is 17.7. The fourth-order valence-corrected chi connectivity index (χ4v) is 4.04. The Morgan fingerprint density at radius 3 is 2.28 bits per heavy atom. The summed E-state index contributed by atoms with van der Waals surface area (Å²) in [6.07, 6.45) is 29.4. The minimum Gasteiger partial charge on any atom is -0.461 e. The zero-order chi connectivity index (χ0) is 26.1. The van der Waals surface area contributed by atoms with Gasteiger partial charge >= 0.3 is 5.97 Å². The number of benzene rings is 1. The van der Waals surface area contributed by atoms with Crippen LogP contribution in [0.15, 0.2) is 103 Å². The van der Waals surface area contributed by atoms with Crippen LogP contribution in [-0.2, 0) is 25.2 Å². The van der Waals surface area contributed by atoms with Crippen molar-refractivity contribution in [2.24, 2.45) is 0 Å². The molecule has 0 fully saturated rings. The molecule has 0 amide bonds. The normalized spacial score (nSPS) is 14.6. The van der Waals surface area contributed by atoms with Gasteiger partial charge in [0.05, 0.1) is 12.2 Å². The molecule has 0 aliphatic heterocycles. The third-order valence-electron chi connectivity index (χ3n) is 4.88. The molecule has 0 spiro atoms. The molecule has 0 aliphatic rings. The number of carbonyl (C=O) groups is 1. The molecule has 0 N–H and O–H groups in total. The Balaban J connectivity index is 2.29. The van der Waals surface area contributed by atoms with Crippen LogP contribution in [0.4, 0.5) is 0 Å². The standard InChI is InChI=1S/C29H41O4P3/c1-2-3-4-5-6-14-22-28(33-36-35)23-15-8-7-13-20-27(32-34)21-16-10-17-24-29(30)31-25-26-18-11-9-12-19-26/h3-4,6-16,18-20,23,27-28,36H,2,5,17,21-22,24-25,34-35H2,1H3/b4-3-,8-7+,14-6-,16-10-,20-13+,23-15-. The summed E-state index contributed by atoms with van der Waals surface area (Å²) in [6.45, 7) is 2.46. The van der Waals surface area contributed by atoms with Gasteiger partial charge in [0.25, 0.3) is 0 Å². The van der Waals surface area contributed by atoms with Gasteiger partial charge in [-0.15, -0.1) is 0 Å². The van der Waals surface area contributed by atoms with Gasteiger partial charge in [0.15, 0.2) is 0 Å². The highest BCUT2D eigenvalue weighted by Crippen LogP contribution is 2.25. The van der Waals surface area contributed by atoms with Crippen LogP contribution in [-0.4, -0.2) is 18.2 Å². The van der Waals surface area contributed by atoms with Gasteiger partial charge in [-0.2, -0.15) is 0 Å². The first-order valence-electron chi connectivity index (χ1n) is 12.3. The van der Waals surface area contributed by atoms with Crippen LogP contribution in [0.3, 0.4) is 0 Å². The first kappa shape index (κ1) is 32.4. The third-order valence-corrected chi connectivity index (χ3v) is 6.08. The van der Waals surface area contributed by atoms with E-state index in [9.17, 15) is 4.79 Å². The highest BCUT2D eigenvalue weighted by Gasteiger charge is 2.03. The molecule has 0 bridgehead atoms. The topological polar surface area (TPSA) is 44.8 Å². The van der Waals surface area contributed by atoms with E-state index in [1.165, 1.54) is 0 Å². The maximum atomic E-state index is 11.9. The van der Waals surface area contributed by atoms with Gasteiger partial charge in [0.2, 0.25) is 0 Å². The van der Waals surface area contributed by atoms with Gasteiger partial charge in [-0.1, -0.05) is 119 Å². The lowest BCUT2D eigenvalue weighted by Crippen LogP contribution is -2.04. The summed E-state index contributed by atoms with van der Waals surface area (Å²) in [5, 5.41) is 0. The first-order valence-corrected chi connectivity index (χ1v) is 15.5. The SMILES string of the molecule is CC/C=C\C/C=C\CC(\C=C/C=C/C=C/C(C/C=C\CCC(=O)OCc1ccccc1)OP)OPP. The second-order valence-corrected chi connectivity index (χ2v) is 9.27. The van der Waals surface area contributed by atoms with E-state index in [1.807, 2.05) is 72.9 Å². The van der Waals surface area contributed by atoms with Crippen molar-refractivity contribution in [3.05, 3.63) is 109 Å². The molecule has 5 atom stereocenters. The van der Waals surface area contributed by atoms with Crippen molar-refractivity contribution in [1.29, 1.82) is 0 Å². The van der Waals surface area contributed by atoms with E-state index < -0.39 is 0 Å². The van der Waals surface area contributed by atoms with Crippen molar-refractivity contribution < 1.29 is 18.6 Å². The zero-order valence-electron chi connectivity index (χ0n) is 21.2. The Hall–Kier alpha value is -1.66. The van der Waals surface area contributed by atoms with Crippen LogP contribution < -0.4 is 0 Å². The lowest BCUT2D eigenvalue weighted by molar-refractivity contribution is -0.144. The number of allylic oxidation sites excluding steroid dienone is 8. The maximum Gasteiger partial charge on any atom is 0.306 e. The van der Waals surface area contributed by atoms with E-state index in [1.54, 1.807) is 0 Å². The Labute approximate surface area is 224 Å². The second kappa shape index (κ2) is 23.7. The largest absolute Gasteiger partial charge is 0.461 e. The molecule has 0 heterocycles. The fourth-order valence-electron chi connectivity index (χ4n) is 2.96. The zero-order valence-corrected chi connectivity index (χ0v) is 24.5. The van der Waals surface area contributed by atoms with Crippen molar-refractivity contribution in [2.75, 3.05) is 0 Å². The number of rotatable bonds is 19. The van der Waals surface area contributed by atoms with Crippen LogP contribution in [0.5, 0.6) is 0 Å². The lowest BCUT2D eigenvalue weighted by Gasteiger charge is -2.09. The summed E-state index contributed by atoms with van der Waals surface area (Å²) in [7, 11) is 5.33. The summed E-state index contributed by atoms with van der Waals surface area (Å²) >= 11 is 0. The van der Waals surface area contributed by atoms with Crippen molar-refractivity contribution in [2.45, 2.75) is 64.3 Å². The molecule has 4 nitrogen and oxygen atoms in total. The maximum absolute atomic E-state index is 11.9. The number of hydrogen-bond donors (Lipinski definition) is 0. The van der Waals surface area contributed by atoms with E-state index in [0.717, 1.165) is 31.2 Å². The van der Waals surface area contributed by atoms with Crippen molar-refractivity contribution >= 4 is 32.9 Å². The quantitative estimate of drug-likeness (QED) is 0.0757. The van der Waals surface area contributed by atoms with E-state index in [4.69, 9.17) is 13.8 Å². The van der Waals surface area contributed by atoms with Crippen molar-refractivity contribution in [1.82, 2.24) is 0 Å². The van der Waals surface area contributed by atoms with E-state index >= 15 is 0 Å². The molecule has 1 aromatic carbocycles. The monoisotopic (exact) mass is 546 g/mol. The number of ether oxygens (including phenoxy) is 1. The van der Waals surface area contributed by atoms with Crippen molar-refractivity contribution in [3.8, 4) is 0 Å². The van der Waals surface area contributed by atoms with Crippen LogP contribution >= 0.6 is 26.9 Å². The minimum atomic E-state index is -0.189. The molecule has 0 saturated carbocycles. The van der Waals surface area contributed by atoms with Crippen LogP contribution in [0.1, 0.15) is 51.0 Å². The molecular weight excluding hydrogens is 505 g/mol. The van der Waals surface area contributed by atoms with E-state index in [-0.39, 0.29) is 18.2 Å². The molecular formula is C29H41O4P3. The molecule has 1 rings (SSSR count). The molecule has 0 radical (unpaired) electrons. The number of esters is 1. The highest BCUT2D eigenvalue weighted by atomic mass is 32.0.